The fraction of sp³-hybridized carbons (Fsp3) is 0.100. The summed E-state index contributed by atoms with van der Waals surface area (Å²) in [6.45, 7) is 0. The molecule has 92 valence electrons. The predicted molar refractivity (Wildman–Crippen MR) is 67.7 cm³/mol. The minimum atomic E-state index is -3.92. The molecular formula is C10H12N2O3S2. The molecule has 0 saturated heterocycles. The number of thioether (sulfide) groups is 1. The zero-order valence-corrected chi connectivity index (χ0v) is 10.7. The zero-order chi connectivity index (χ0) is 13.3. The molecule has 0 aliphatic heterocycles. The van der Waals surface area contributed by atoms with Gasteiger partial charge in [-0.3, -0.25) is 11.1 Å². The fourth-order valence-corrected chi connectivity index (χ4v) is 0.952. The van der Waals surface area contributed by atoms with Gasteiger partial charge in [0.15, 0.2) is 0 Å². The van der Waals surface area contributed by atoms with Gasteiger partial charge in [-0.1, -0.05) is 24.1 Å². The highest BCUT2D eigenvalue weighted by Crippen LogP contribution is 1.97. The lowest BCUT2D eigenvalue weighted by atomic mass is 10.2. The molecule has 0 amide bonds. The van der Waals surface area contributed by atoms with Crippen LogP contribution in [0.15, 0.2) is 30.3 Å². The van der Waals surface area contributed by atoms with Crippen LogP contribution >= 0.6 is 11.8 Å². The maximum atomic E-state index is 9.08. The molecule has 0 saturated carbocycles. The molecule has 0 fully saturated rings. The summed E-state index contributed by atoms with van der Waals surface area (Å²) in [7, 11) is -3.92. The summed E-state index contributed by atoms with van der Waals surface area (Å²) >= 11 is 1.14. The van der Waals surface area contributed by atoms with Crippen LogP contribution in [0.25, 0.3) is 0 Å². The summed E-state index contributed by atoms with van der Waals surface area (Å²) < 4.78 is 27.2. The van der Waals surface area contributed by atoms with Gasteiger partial charge < -0.3 is 4.55 Å². The third kappa shape index (κ3) is 14.5. The molecule has 0 atom stereocenters. The fourth-order valence-electron chi connectivity index (χ4n) is 0.665. The first-order valence-corrected chi connectivity index (χ1v) is 6.94. The highest BCUT2D eigenvalue weighted by Gasteiger charge is 1.88. The van der Waals surface area contributed by atoms with Gasteiger partial charge in [0.05, 0.1) is 10.1 Å². The lowest BCUT2D eigenvalue weighted by Gasteiger charge is -1.90. The van der Waals surface area contributed by atoms with E-state index in [-0.39, 0.29) is 5.17 Å². The van der Waals surface area contributed by atoms with Crippen LogP contribution < -0.4 is 11.1 Å². The van der Waals surface area contributed by atoms with Crippen molar-refractivity contribution in [2.75, 3.05) is 6.26 Å². The highest BCUT2D eigenvalue weighted by atomic mass is 32.2. The monoisotopic (exact) mass is 272 g/mol. The van der Waals surface area contributed by atoms with Crippen LogP contribution in [-0.2, 0) is 10.1 Å². The normalized spacial score (nSPS) is 9.29. The molecule has 1 aromatic carbocycles. The SMILES string of the molecule is CS(=O)(=O)[O-].NC(=[NH2+])SC#Cc1ccccc1. The average molecular weight is 272 g/mol. The van der Waals surface area contributed by atoms with Gasteiger partial charge >= 0.3 is 5.17 Å². The molecule has 0 bridgehead atoms. The highest BCUT2D eigenvalue weighted by molar-refractivity contribution is 8.17. The van der Waals surface area contributed by atoms with E-state index in [9.17, 15) is 0 Å². The van der Waals surface area contributed by atoms with E-state index < -0.39 is 10.1 Å². The number of rotatable bonds is 0. The van der Waals surface area contributed by atoms with E-state index in [1.54, 1.807) is 0 Å². The Kier molecular flexibility index (Phi) is 7.05. The van der Waals surface area contributed by atoms with Crippen molar-refractivity contribution in [2.45, 2.75) is 0 Å². The molecule has 0 radical (unpaired) electrons. The third-order valence-corrected chi connectivity index (χ3v) is 1.58. The Bertz CT molecular complexity index is 507. The van der Waals surface area contributed by atoms with Crippen molar-refractivity contribution in [2.24, 2.45) is 5.73 Å². The summed E-state index contributed by atoms with van der Waals surface area (Å²) in [5.74, 6) is 2.91. The summed E-state index contributed by atoms with van der Waals surface area (Å²) in [6, 6.07) is 9.68. The van der Waals surface area contributed by atoms with Gasteiger partial charge in [0.25, 0.3) is 0 Å². The van der Waals surface area contributed by atoms with Crippen molar-refractivity contribution in [3.8, 4) is 11.2 Å². The van der Waals surface area contributed by atoms with Crippen LogP contribution in [0.2, 0.25) is 0 Å². The molecule has 0 aromatic heterocycles. The Morgan fingerprint density at radius 3 is 2.29 bits per heavy atom. The Hall–Kier alpha value is -1.49. The largest absolute Gasteiger partial charge is 0.748 e. The van der Waals surface area contributed by atoms with Gasteiger partial charge in [-0.15, -0.1) is 0 Å². The van der Waals surface area contributed by atoms with Crippen LogP contribution in [0.4, 0.5) is 0 Å². The first kappa shape index (κ1) is 15.5. The Labute approximate surface area is 105 Å². The quantitative estimate of drug-likeness (QED) is 0.271. The lowest BCUT2D eigenvalue weighted by Crippen LogP contribution is -2.42. The van der Waals surface area contributed by atoms with Gasteiger partial charge in [-0.2, -0.15) is 0 Å². The molecule has 0 unspecified atom stereocenters. The number of nitrogens with two attached hydrogens (primary N) is 2. The molecular weight excluding hydrogens is 260 g/mol. The molecule has 1 aromatic rings. The maximum Gasteiger partial charge on any atom is 0.312 e. The summed E-state index contributed by atoms with van der Waals surface area (Å²) in [6.07, 6.45) is 0.604. The first-order valence-electron chi connectivity index (χ1n) is 4.30. The van der Waals surface area contributed by atoms with Crippen molar-refractivity contribution in [1.29, 1.82) is 0 Å². The number of hydrogen-bond donors (Lipinski definition) is 2. The molecule has 0 heterocycles. The van der Waals surface area contributed by atoms with E-state index in [4.69, 9.17) is 24.1 Å². The molecule has 4 N–H and O–H groups in total. The van der Waals surface area contributed by atoms with Crippen molar-refractivity contribution >= 4 is 27.0 Å². The standard InChI is InChI=1S/C9H8N2S.CH4O3S/c10-9(11)12-7-6-8-4-2-1-3-5-8;1-5(2,3)4/h1-5H,(H3,10,11);1H3,(H,2,3,4). The average Bonchev–Trinajstić information content (AvgIpc) is 2.16. The zero-order valence-electron chi connectivity index (χ0n) is 9.08. The second-order valence-electron chi connectivity index (χ2n) is 2.80. The lowest BCUT2D eigenvalue weighted by molar-refractivity contribution is -0.109. The summed E-state index contributed by atoms with van der Waals surface area (Å²) in [5, 5.41) is 8.27. The number of benzene rings is 1. The van der Waals surface area contributed by atoms with E-state index in [0.29, 0.717) is 6.26 Å². The number of amidine groups is 1. The smallest absolute Gasteiger partial charge is 0.312 e. The number of hydrogen-bond acceptors (Lipinski definition) is 4. The van der Waals surface area contributed by atoms with Gasteiger partial charge in [-0.25, -0.2) is 8.42 Å². The Balaban J connectivity index is 0.000000437. The van der Waals surface area contributed by atoms with Crippen molar-refractivity contribution in [1.82, 2.24) is 0 Å². The van der Waals surface area contributed by atoms with Crippen LogP contribution in [0.3, 0.4) is 0 Å². The second-order valence-corrected chi connectivity index (χ2v) is 5.09. The van der Waals surface area contributed by atoms with E-state index in [0.717, 1.165) is 17.3 Å². The summed E-state index contributed by atoms with van der Waals surface area (Å²) in [5.41, 5.74) is 6.18. The van der Waals surface area contributed by atoms with Gasteiger partial charge in [-0.05, 0) is 17.4 Å². The van der Waals surface area contributed by atoms with Crippen molar-refractivity contribution < 1.29 is 18.4 Å². The Morgan fingerprint density at radius 2 is 1.88 bits per heavy atom. The first-order chi connectivity index (χ1) is 7.79. The van der Waals surface area contributed by atoms with E-state index in [1.165, 1.54) is 0 Å². The molecule has 0 aliphatic carbocycles. The van der Waals surface area contributed by atoms with Crippen LogP contribution in [0.1, 0.15) is 5.56 Å². The topological polar surface area (TPSA) is 109 Å². The third-order valence-electron chi connectivity index (χ3n) is 1.14. The minimum Gasteiger partial charge on any atom is -0.748 e. The van der Waals surface area contributed by atoms with E-state index >= 15 is 0 Å². The maximum absolute atomic E-state index is 9.08. The van der Waals surface area contributed by atoms with Crippen molar-refractivity contribution in [3.05, 3.63) is 35.9 Å². The van der Waals surface area contributed by atoms with Crippen LogP contribution in [0, 0.1) is 11.2 Å². The Morgan fingerprint density at radius 1 is 1.41 bits per heavy atom. The van der Waals surface area contributed by atoms with Gasteiger partial charge in [0, 0.05) is 23.6 Å². The molecule has 7 heteroatoms. The van der Waals surface area contributed by atoms with E-state index in [2.05, 4.69) is 11.2 Å². The van der Waals surface area contributed by atoms with Crippen LogP contribution in [0.5, 0.6) is 0 Å². The molecule has 0 aliphatic rings. The van der Waals surface area contributed by atoms with Gasteiger partial charge in [0.1, 0.15) is 0 Å². The second kappa shape index (κ2) is 7.73. The van der Waals surface area contributed by atoms with Crippen molar-refractivity contribution in [3.63, 3.8) is 0 Å². The molecule has 5 nitrogen and oxygen atoms in total. The van der Waals surface area contributed by atoms with Gasteiger partial charge in [0.2, 0.25) is 0 Å². The molecule has 0 spiro atoms. The van der Waals surface area contributed by atoms with Crippen LogP contribution in [-0.4, -0.2) is 24.4 Å². The minimum absolute atomic E-state index is 0.276. The predicted octanol–water partition coefficient (Wildman–Crippen LogP) is -1.04. The molecule has 1 rings (SSSR count). The van der Waals surface area contributed by atoms with E-state index in [1.807, 2.05) is 30.3 Å². The molecule has 17 heavy (non-hydrogen) atoms. The summed E-state index contributed by atoms with van der Waals surface area (Å²) in [4.78, 5) is 0.